The maximum absolute atomic E-state index is 13.7. The van der Waals surface area contributed by atoms with E-state index in [1.807, 2.05) is 0 Å². The van der Waals surface area contributed by atoms with Crippen LogP contribution in [0.5, 0.6) is 0 Å². The predicted octanol–water partition coefficient (Wildman–Crippen LogP) is 3.04. The number of hydrogen-bond donors (Lipinski definition) is 1. The van der Waals surface area contributed by atoms with Crippen LogP contribution in [-0.4, -0.2) is 19.2 Å². The molecule has 100 valence electrons. The molecule has 18 heavy (non-hydrogen) atoms. The molecule has 1 aromatic carbocycles. The van der Waals surface area contributed by atoms with Crippen molar-refractivity contribution in [2.75, 3.05) is 13.1 Å². The van der Waals surface area contributed by atoms with Gasteiger partial charge in [-0.2, -0.15) is 0 Å². The number of nitrogens with one attached hydrogen (secondary N) is 1. The van der Waals surface area contributed by atoms with E-state index < -0.39 is 17.7 Å². The minimum Gasteiger partial charge on any atom is -0.368 e. The van der Waals surface area contributed by atoms with Gasteiger partial charge in [-0.15, -0.1) is 0 Å². The monoisotopic (exact) mass is 255 g/mol. The highest BCUT2D eigenvalue weighted by Gasteiger charge is 2.26. The summed E-state index contributed by atoms with van der Waals surface area (Å²) in [6.07, 6.45) is 0.574. The highest BCUT2D eigenvalue weighted by Crippen LogP contribution is 2.26. The molecule has 2 nitrogen and oxygen atoms in total. The largest absolute Gasteiger partial charge is 0.368 e. The molecule has 2 unspecified atom stereocenters. The van der Waals surface area contributed by atoms with E-state index in [4.69, 9.17) is 4.74 Å². The summed E-state index contributed by atoms with van der Waals surface area (Å²) in [6.45, 7) is 5.53. The fraction of sp³-hybridized carbons (Fsp3) is 0.571. The van der Waals surface area contributed by atoms with Gasteiger partial charge in [0.25, 0.3) is 0 Å². The van der Waals surface area contributed by atoms with Crippen molar-refractivity contribution in [3.05, 3.63) is 35.4 Å². The first-order valence-electron chi connectivity index (χ1n) is 6.37. The average Bonchev–Trinajstić information content (AvgIpc) is 2.32. The molecule has 1 aliphatic rings. The Balaban J connectivity index is 2.10. The second-order valence-corrected chi connectivity index (χ2v) is 5.20. The number of ether oxygens (including phenoxy) is 1. The molecule has 2 atom stereocenters. The van der Waals surface area contributed by atoms with E-state index in [9.17, 15) is 8.78 Å². The van der Waals surface area contributed by atoms with Gasteiger partial charge in [0.15, 0.2) is 0 Å². The minimum absolute atomic E-state index is 0.0615. The summed E-state index contributed by atoms with van der Waals surface area (Å²) in [5.41, 5.74) is 0.302. The summed E-state index contributed by atoms with van der Waals surface area (Å²) in [5.74, 6) is -0.317. The second-order valence-electron chi connectivity index (χ2n) is 5.20. The smallest absolute Gasteiger partial charge is 0.129 e. The first-order valence-corrected chi connectivity index (χ1v) is 6.37. The lowest BCUT2D eigenvalue weighted by Crippen LogP contribution is -2.41. The molecule has 0 saturated carbocycles. The van der Waals surface area contributed by atoms with E-state index >= 15 is 0 Å². The zero-order chi connectivity index (χ0) is 13.1. The third kappa shape index (κ3) is 3.27. The molecule has 1 aromatic rings. The molecule has 1 aliphatic heterocycles. The van der Waals surface area contributed by atoms with Gasteiger partial charge in [-0.3, -0.25) is 0 Å². The molecule has 2 rings (SSSR count). The number of morpholine rings is 1. The van der Waals surface area contributed by atoms with Crippen LogP contribution in [0.2, 0.25) is 0 Å². The van der Waals surface area contributed by atoms with Gasteiger partial charge >= 0.3 is 0 Å². The summed E-state index contributed by atoms with van der Waals surface area (Å²) in [7, 11) is 0. The summed E-state index contributed by atoms with van der Waals surface area (Å²) >= 11 is 0. The maximum atomic E-state index is 13.7. The van der Waals surface area contributed by atoms with Crippen molar-refractivity contribution >= 4 is 0 Å². The van der Waals surface area contributed by atoms with Crippen molar-refractivity contribution in [1.82, 2.24) is 5.32 Å². The summed E-state index contributed by atoms with van der Waals surface area (Å²) in [5, 5.41) is 3.22. The summed E-state index contributed by atoms with van der Waals surface area (Å²) in [4.78, 5) is 0. The van der Waals surface area contributed by atoms with E-state index in [1.54, 1.807) is 0 Å². The van der Waals surface area contributed by atoms with Gasteiger partial charge in [0.05, 0.1) is 12.2 Å². The van der Waals surface area contributed by atoms with Gasteiger partial charge in [-0.05, 0) is 30.5 Å². The quantitative estimate of drug-likeness (QED) is 0.896. The Morgan fingerprint density at radius 3 is 2.83 bits per heavy atom. The fourth-order valence-corrected chi connectivity index (χ4v) is 2.31. The number of halogens is 2. The lowest BCUT2D eigenvalue weighted by atomic mass is 10.0. The average molecular weight is 255 g/mol. The van der Waals surface area contributed by atoms with Crippen molar-refractivity contribution in [3.63, 3.8) is 0 Å². The molecule has 0 aliphatic carbocycles. The molecule has 0 spiro atoms. The first kappa shape index (κ1) is 13.4. The van der Waals surface area contributed by atoms with Gasteiger partial charge in [-0.25, -0.2) is 8.78 Å². The Bertz CT molecular complexity index is 409. The molecular weight excluding hydrogens is 236 g/mol. The molecular formula is C14H19F2NO. The van der Waals surface area contributed by atoms with Gasteiger partial charge < -0.3 is 10.1 Å². The number of benzene rings is 1. The summed E-state index contributed by atoms with van der Waals surface area (Å²) < 4.78 is 32.7. The molecule has 1 fully saturated rings. The van der Waals surface area contributed by atoms with Gasteiger partial charge in [0, 0.05) is 18.7 Å². The van der Waals surface area contributed by atoms with E-state index in [0.717, 1.165) is 25.1 Å². The van der Waals surface area contributed by atoms with Crippen LogP contribution < -0.4 is 5.32 Å². The number of rotatable bonds is 3. The third-order valence-corrected chi connectivity index (χ3v) is 3.10. The topological polar surface area (TPSA) is 21.3 Å². The van der Waals surface area contributed by atoms with Gasteiger partial charge in [0.1, 0.15) is 11.6 Å². The highest BCUT2D eigenvalue weighted by atomic mass is 19.1. The van der Waals surface area contributed by atoms with Crippen molar-refractivity contribution in [2.24, 2.45) is 5.92 Å². The molecule has 1 N–H and O–H groups in total. The van der Waals surface area contributed by atoms with E-state index in [1.165, 1.54) is 6.07 Å². The molecule has 1 saturated heterocycles. The zero-order valence-electron chi connectivity index (χ0n) is 10.7. The van der Waals surface area contributed by atoms with Crippen molar-refractivity contribution < 1.29 is 13.5 Å². The minimum atomic E-state index is -0.430. The molecule has 0 amide bonds. The van der Waals surface area contributed by atoms with Crippen LogP contribution in [0.1, 0.15) is 31.9 Å². The van der Waals surface area contributed by atoms with Crippen LogP contribution in [0, 0.1) is 17.6 Å². The molecule has 1 heterocycles. The highest BCUT2D eigenvalue weighted by molar-refractivity contribution is 5.22. The Labute approximate surface area is 106 Å². The molecule has 4 heteroatoms. The SMILES string of the molecule is CC(C)CC1CNCC(c2cc(F)ccc2F)O1. The van der Waals surface area contributed by atoms with Crippen LogP contribution in [0.15, 0.2) is 18.2 Å². The Morgan fingerprint density at radius 1 is 1.33 bits per heavy atom. The number of hydrogen-bond acceptors (Lipinski definition) is 2. The summed E-state index contributed by atoms with van der Waals surface area (Å²) in [6, 6.07) is 3.50. The lowest BCUT2D eigenvalue weighted by Gasteiger charge is -2.32. The molecule has 0 aromatic heterocycles. The maximum Gasteiger partial charge on any atom is 0.129 e. The van der Waals surface area contributed by atoms with Crippen LogP contribution in [-0.2, 0) is 4.74 Å². The van der Waals surface area contributed by atoms with Crippen LogP contribution in [0.4, 0.5) is 8.78 Å². The van der Waals surface area contributed by atoms with Gasteiger partial charge in [0.2, 0.25) is 0 Å². The zero-order valence-corrected chi connectivity index (χ0v) is 10.7. The Hall–Kier alpha value is -1.00. The molecule has 0 bridgehead atoms. The molecule has 0 radical (unpaired) electrons. The van der Waals surface area contributed by atoms with E-state index in [0.29, 0.717) is 18.0 Å². The van der Waals surface area contributed by atoms with Crippen LogP contribution >= 0.6 is 0 Å². The standard InChI is InChI=1S/C14H19F2NO/c1-9(2)5-11-7-17-8-14(18-11)12-6-10(15)3-4-13(12)16/h3-4,6,9,11,14,17H,5,7-8H2,1-2H3. The van der Waals surface area contributed by atoms with E-state index in [-0.39, 0.29) is 6.10 Å². The first-order chi connectivity index (χ1) is 8.56. The van der Waals surface area contributed by atoms with Crippen molar-refractivity contribution in [2.45, 2.75) is 32.5 Å². The van der Waals surface area contributed by atoms with Crippen molar-refractivity contribution in [3.8, 4) is 0 Å². The lowest BCUT2D eigenvalue weighted by molar-refractivity contribution is -0.0489. The fourth-order valence-electron chi connectivity index (χ4n) is 2.31. The van der Waals surface area contributed by atoms with Crippen LogP contribution in [0.3, 0.4) is 0 Å². The normalized spacial score (nSPS) is 24.5. The van der Waals surface area contributed by atoms with Crippen molar-refractivity contribution in [1.29, 1.82) is 0 Å². The van der Waals surface area contributed by atoms with E-state index in [2.05, 4.69) is 19.2 Å². The Kier molecular flexibility index (Phi) is 4.30. The van der Waals surface area contributed by atoms with Crippen LogP contribution in [0.25, 0.3) is 0 Å². The second kappa shape index (κ2) is 5.76. The third-order valence-electron chi connectivity index (χ3n) is 3.10. The Morgan fingerprint density at radius 2 is 2.11 bits per heavy atom. The predicted molar refractivity (Wildman–Crippen MR) is 66.3 cm³/mol. The van der Waals surface area contributed by atoms with Gasteiger partial charge in [-0.1, -0.05) is 13.8 Å².